The summed E-state index contributed by atoms with van der Waals surface area (Å²) in [5.74, 6) is 1.51. The molecule has 1 atom stereocenters. The van der Waals surface area contributed by atoms with E-state index >= 15 is 0 Å². The molecule has 1 aromatic carbocycles. The van der Waals surface area contributed by atoms with Crippen molar-refractivity contribution in [3.8, 4) is 11.5 Å². The monoisotopic (exact) mass is 289 g/mol. The van der Waals surface area contributed by atoms with E-state index in [-0.39, 0.29) is 6.04 Å². The van der Waals surface area contributed by atoms with Crippen LogP contribution in [-0.2, 0) is 13.2 Å². The zero-order valence-electron chi connectivity index (χ0n) is 13.1. The van der Waals surface area contributed by atoms with Gasteiger partial charge in [0, 0.05) is 24.2 Å². The maximum atomic E-state index is 6.00. The van der Waals surface area contributed by atoms with E-state index in [0.29, 0.717) is 6.61 Å². The third-order valence-corrected chi connectivity index (χ3v) is 3.37. The maximum absolute atomic E-state index is 6.00. The van der Waals surface area contributed by atoms with Crippen LogP contribution in [0.25, 0.3) is 0 Å². The van der Waals surface area contributed by atoms with E-state index < -0.39 is 0 Å². The first-order valence-electron chi connectivity index (χ1n) is 7.14. The lowest BCUT2D eigenvalue weighted by Gasteiger charge is -2.15. The number of rotatable bonds is 6. The molecule has 1 heterocycles. The molecule has 0 aliphatic rings. The topological polar surface area (TPSA) is 62.3 Å². The third kappa shape index (κ3) is 3.55. The lowest BCUT2D eigenvalue weighted by Crippen LogP contribution is -2.10. The van der Waals surface area contributed by atoms with Crippen molar-refractivity contribution in [1.82, 2.24) is 9.78 Å². The average Bonchev–Trinajstić information content (AvgIpc) is 2.84. The Balaban J connectivity index is 2.21. The van der Waals surface area contributed by atoms with Crippen LogP contribution in [0.3, 0.4) is 0 Å². The number of nitrogens with two attached hydrogens (primary N) is 1. The summed E-state index contributed by atoms with van der Waals surface area (Å²) >= 11 is 0. The lowest BCUT2D eigenvalue weighted by molar-refractivity contribution is 0.286. The van der Waals surface area contributed by atoms with Gasteiger partial charge in [0.15, 0.2) is 0 Å². The van der Waals surface area contributed by atoms with E-state index in [1.807, 2.05) is 42.8 Å². The summed E-state index contributed by atoms with van der Waals surface area (Å²) in [7, 11) is 1.64. The summed E-state index contributed by atoms with van der Waals surface area (Å²) in [6.07, 6.45) is 0. The van der Waals surface area contributed by atoms with Crippen LogP contribution in [0.15, 0.2) is 24.3 Å². The van der Waals surface area contributed by atoms with Crippen molar-refractivity contribution >= 4 is 0 Å². The van der Waals surface area contributed by atoms with Crippen LogP contribution in [0.5, 0.6) is 11.5 Å². The molecule has 0 aliphatic heterocycles. The molecule has 0 saturated carbocycles. The molecule has 2 rings (SSSR count). The second-order valence-electron chi connectivity index (χ2n) is 5.07. The molecule has 0 saturated heterocycles. The first-order chi connectivity index (χ1) is 10.0. The highest BCUT2D eigenvalue weighted by atomic mass is 16.5. The fraction of sp³-hybridized carbons (Fsp3) is 0.438. The highest BCUT2D eigenvalue weighted by Crippen LogP contribution is 2.29. The third-order valence-electron chi connectivity index (χ3n) is 3.37. The summed E-state index contributed by atoms with van der Waals surface area (Å²) in [6.45, 7) is 7.27. The number of nitrogens with zero attached hydrogens (tertiary/aromatic N) is 2. The van der Waals surface area contributed by atoms with Crippen LogP contribution < -0.4 is 15.2 Å². The van der Waals surface area contributed by atoms with Gasteiger partial charge in [0.2, 0.25) is 0 Å². The minimum atomic E-state index is -0.0938. The van der Waals surface area contributed by atoms with Crippen molar-refractivity contribution in [1.29, 1.82) is 0 Å². The van der Waals surface area contributed by atoms with Crippen LogP contribution >= 0.6 is 0 Å². The Morgan fingerprint density at radius 3 is 2.71 bits per heavy atom. The fourth-order valence-electron chi connectivity index (χ4n) is 2.28. The summed E-state index contributed by atoms with van der Waals surface area (Å²) in [5.41, 5.74) is 9.01. The normalized spacial score (nSPS) is 12.2. The summed E-state index contributed by atoms with van der Waals surface area (Å²) in [5, 5.41) is 4.42. The van der Waals surface area contributed by atoms with Gasteiger partial charge >= 0.3 is 0 Å². The first kappa shape index (κ1) is 15.4. The van der Waals surface area contributed by atoms with Gasteiger partial charge in [0.25, 0.3) is 0 Å². The van der Waals surface area contributed by atoms with Crippen LogP contribution in [0.4, 0.5) is 0 Å². The zero-order chi connectivity index (χ0) is 15.4. The Bertz CT molecular complexity index is 606. The second kappa shape index (κ2) is 6.63. The van der Waals surface area contributed by atoms with E-state index in [1.165, 1.54) is 0 Å². The minimum absolute atomic E-state index is 0.0938. The van der Waals surface area contributed by atoms with Crippen molar-refractivity contribution < 1.29 is 9.47 Å². The highest BCUT2D eigenvalue weighted by Gasteiger charge is 2.11. The van der Waals surface area contributed by atoms with Gasteiger partial charge in [-0.05, 0) is 32.9 Å². The molecule has 0 radical (unpaired) electrons. The van der Waals surface area contributed by atoms with Gasteiger partial charge in [-0.2, -0.15) is 5.10 Å². The molecule has 0 amide bonds. The maximum Gasteiger partial charge on any atom is 0.130 e. The van der Waals surface area contributed by atoms with Crippen molar-refractivity contribution in [2.75, 3.05) is 7.11 Å². The average molecular weight is 289 g/mol. The highest BCUT2D eigenvalue weighted by molar-refractivity contribution is 5.42. The number of aromatic nitrogens is 2. The van der Waals surface area contributed by atoms with Gasteiger partial charge in [0.1, 0.15) is 18.1 Å². The standard InChI is InChI=1S/C16H23N3O2/c1-5-19-13(8-11(2)18-19)10-21-16-9-14(20-4)6-7-15(16)12(3)17/h6-9,12H,5,10,17H2,1-4H3/t12-/m1/s1. The Hall–Kier alpha value is -2.01. The van der Waals surface area contributed by atoms with Crippen LogP contribution in [0.1, 0.15) is 36.8 Å². The predicted octanol–water partition coefficient (Wildman–Crippen LogP) is 2.82. The van der Waals surface area contributed by atoms with E-state index in [0.717, 1.165) is 35.0 Å². The number of hydrogen-bond donors (Lipinski definition) is 1. The molecule has 1 aromatic heterocycles. The zero-order valence-corrected chi connectivity index (χ0v) is 13.1. The molecular weight excluding hydrogens is 266 g/mol. The quantitative estimate of drug-likeness (QED) is 0.888. The number of ether oxygens (including phenoxy) is 2. The summed E-state index contributed by atoms with van der Waals surface area (Å²) in [4.78, 5) is 0. The van der Waals surface area contributed by atoms with Crippen molar-refractivity contribution in [2.45, 2.75) is 40.0 Å². The largest absolute Gasteiger partial charge is 0.497 e. The summed E-state index contributed by atoms with van der Waals surface area (Å²) < 4.78 is 13.2. The molecular formula is C16H23N3O2. The van der Waals surface area contributed by atoms with Crippen molar-refractivity contribution in [3.05, 3.63) is 41.2 Å². The first-order valence-corrected chi connectivity index (χ1v) is 7.14. The molecule has 5 heteroatoms. The fourth-order valence-corrected chi connectivity index (χ4v) is 2.28. The van der Waals surface area contributed by atoms with E-state index in [1.54, 1.807) is 7.11 Å². The molecule has 2 aromatic rings. The van der Waals surface area contributed by atoms with Gasteiger partial charge in [0.05, 0.1) is 18.5 Å². The Morgan fingerprint density at radius 1 is 1.33 bits per heavy atom. The van der Waals surface area contributed by atoms with Crippen LogP contribution in [0.2, 0.25) is 0 Å². The molecule has 0 aliphatic carbocycles. The smallest absolute Gasteiger partial charge is 0.130 e. The molecule has 21 heavy (non-hydrogen) atoms. The van der Waals surface area contributed by atoms with Crippen molar-refractivity contribution in [3.63, 3.8) is 0 Å². The van der Waals surface area contributed by atoms with E-state index in [9.17, 15) is 0 Å². The van der Waals surface area contributed by atoms with Gasteiger partial charge < -0.3 is 15.2 Å². The molecule has 0 spiro atoms. The Labute approximate surface area is 125 Å². The predicted molar refractivity (Wildman–Crippen MR) is 82.6 cm³/mol. The van der Waals surface area contributed by atoms with Gasteiger partial charge in [-0.1, -0.05) is 6.07 Å². The molecule has 2 N–H and O–H groups in total. The van der Waals surface area contributed by atoms with Gasteiger partial charge in [-0.25, -0.2) is 0 Å². The van der Waals surface area contributed by atoms with E-state index in [2.05, 4.69) is 12.0 Å². The lowest BCUT2D eigenvalue weighted by atomic mass is 10.1. The molecule has 114 valence electrons. The molecule has 0 unspecified atom stereocenters. The minimum Gasteiger partial charge on any atom is -0.497 e. The molecule has 5 nitrogen and oxygen atoms in total. The summed E-state index contributed by atoms with van der Waals surface area (Å²) in [6, 6.07) is 7.66. The van der Waals surface area contributed by atoms with E-state index in [4.69, 9.17) is 15.2 Å². The Kier molecular flexibility index (Phi) is 4.85. The number of benzene rings is 1. The number of methoxy groups -OCH3 is 1. The molecule has 0 fully saturated rings. The Morgan fingerprint density at radius 2 is 2.10 bits per heavy atom. The SMILES string of the molecule is CCn1nc(C)cc1COc1cc(OC)ccc1[C@@H](C)N. The number of hydrogen-bond acceptors (Lipinski definition) is 4. The van der Waals surface area contributed by atoms with Crippen molar-refractivity contribution in [2.24, 2.45) is 5.73 Å². The van der Waals surface area contributed by atoms with Gasteiger partial charge in [-0.3, -0.25) is 4.68 Å². The van der Waals surface area contributed by atoms with Crippen LogP contribution in [0, 0.1) is 6.92 Å². The molecule has 0 bridgehead atoms. The van der Waals surface area contributed by atoms with Crippen LogP contribution in [-0.4, -0.2) is 16.9 Å². The second-order valence-corrected chi connectivity index (χ2v) is 5.07. The van der Waals surface area contributed by atoms with Gasteiger partial charge in [-0.15, -0.1) is 0 Å². The number of aryl methyl sites for hydroxylation is 2.